The molecule has 3 rings (SSSR count). The van der Waals surface area contributed by atoms with Gasteiger partial charge in [0, 0.05) is 24.7 Å². The van der Waals surface area contributed by atoms with E-state index in [9.17, 15) is 9.18 Å². The maximum atomic E-state index is 13.1. The van der Waals surface area contributed by atoms with Crippen LogP contribution in [0.4, 0.5) is 4.39 Å². The highest BCUT2D eigenvalue weighted by molar-refractivity contribution is 5.95. The van der Waals surface area contributed by atoms with Crippen molar-refractivity contribution in [3.63, 3.8) is 0 Å². The topological polar surface area (TPSA) is 46.3 Å². The Morgan fingerprint density at radius 1 is 1.33 bits per heavy atom. The summed E-state index contributed by atoms with van der Waals surface area (Å²) in [6.45, 7) is 3.33. The van der Waals surface area contributed by atoms with Crippen molar-refractivity contribution in [3.8, 4) is 0 Å². The molecule has 21 heavy (non-hydrogen) atoms. The Morgan fingerprint density at radius 2 is 2.10 bits per heavy atom. The van der Waals surface area contributed by atoms with Gasteiger partial charge in [-0.2, -0.15) is 0 Å². The van der Waals surface area contributed by atoms with Gasteiger partial charge in [0.05, 0.1) is 0 Å². The summed E-state index contributed by atoms with van der Waals surface area (Å²) in [5.41, 5.74) is 7.50. The van der Waals surface area contributed by atoms with Gasteiger partial charge in [0.15, 0.2) is 0 Å². The van der Waals surface area contributed by atoms with Crippen molar-refractivity contribution in [3.05, 3.63) is 35.1 Å². The lowest BCUT2D eigenvalue weighted by molar-refractivity contribution is 0.0782. The summed E-state index contributed by atoms with van der Waals surface area (Å²) >= 11 is 0. The molecule has 3 atom stereocenters. The number of nitrogens with two attached hydrogens (primary N) is 1. The van der Waals surface area contributed by atoms with Gasteiger partial charge in [-0.25, -0.2) is 4.39 Å². The summed E-state index contributed by atoms with van der Waals surface area (Å²) in [5, 5.41) is 0. The van der Waals surface area contributed by atoms with Gasteiger partial charge < -0.3 is 10.6 Å². The number of carbonyl (C=O) groups is 1. The van der Waals surface area contributed by atoms with Crippen LogP contribution in [-0.2, 0) is 0 Å². The average molecular weight is 313 g/mol. The van der Waals surface area contributed by atoms with Gasteiger partial charge in [0.1, 0.15) is 5.82 Å². The van der Waals surface area contributed by atoms with Crippen molar-refractivity contribution in [1.82, 2.24) is 4.90 Å². The summed E-state index contributed by atoms with van der Waals surface area (Å²) in [6.07, 6.45) is 3.41. The van der Waals surface area contributed by atoms with E-state index in [-0.39, 0.29) is 30.2 Å². The van der Waals surface area contributed by atoms with Gasteiger partial charge >= 0.3 is 0 Å². The van der Waals surface area contributed by atoms with E-state index in [2.05, 4.69) is 0 Å². The molecule has 2 N–H and O–H groups in total. The second-order valence-corrected chi connectivity index (χ2v) is 6.19. The van der Waals surface area contributed by atoms with Gasteiger partial charge in [-0.05, 0) is 55.4 Å². The summed E-state index contributed by atoms with van der Waals surface area (Å²) in [5.74, 6) is 0.706. The number of hydrogen-bond donors (Lipinski definition) is 1. The fraction of sp³-hybridized carbons (Fsp3) is 0.562. The van der Waals surface area contributed by atoms with E-state index in [1.54, 1.807) is 13.0 Å². The monoisotopic (exact) mass is 312 g/mol. The third-order valence-corrected chi connectivity index (χ3v) is 4.86. The molecule has 116 valence electrons. The van der Waals surface area contributed by atoms with E-state index in [1.807, 2.05) is 4.90 Å². The zero-order chi connectivity index (χ0) is 14.3. The van der Waals surface area contributed by atoms with Crippen LogP contribution in [0.25, 0.3) is 0 Å². The molecule has 1 aromatic carbocycles. The SMILES string of the molecule is Cc1cc(F)ccc1C(=O)N1CC2CCCC(N)C2C1.Cl. The van der Waals surface area contributed by atoms with Crippen molar-refractivity contribution in [2.45, 2.75) is 32.2 Å². The van der Waals surface area contributed by atoms with Crippen LogP contribution in [0.2, 0.25) is 0 Å². The van der Waals surface area contributed by atoms with Gasteiger partial charge in [-0.3, -0.25) is 4.79 Å². The average Bonchev–Trinajstić information content (AvgIpc) is 2.83. The smallest absolute Gasteiger partial charge is 0.254 e. The second-order valence-electron chi connectivity index (χ2n) is 6.19. The first-order chi connectivity index (χ1) is 9.56. The molecular formula is C16H22ClFN2O. The Morgan fingerprint density at radius 3 is 2.76 bits per heavy atom. The van der Waals surface area contributed by atoms with Gasteiger partial charge in [0.25, 0.3) is 5.91 Å². The molecule has 1 heterocycles. The number of fused-ring (bicyclic) bond motifs is 1. The van der Waals surface area contributed by atoms with Crippen LogP contribution in [0, 0.1) is 24.6 Å². The zero-order valence-electron chi connectivity index (χ0n) is 12.2. The molecule has 3 nitrogen and oxygen atoms in total. The third-order valence-electron chi connectivity index (χ3n) is 4.86. The maximum Gasteiger partial charge on any atom is 0.254 e. The first kappa shape index (κ1) is 16.2. The second kappa shape index (κ2) is 6.32. The Labute approximate surface area is 131 Å². The van der Waals surface area contributed by atoms with Gasteiger partial charge in [-0.15, -0.1) is 12.4 Å². The van der Waals surface area contributed by atoms with Gasteiger partial charge in [-0.1, -0.05) is 6.42 Å². The van der Waals surface area contributed by atoms with Crippen molar-refractivity contribution in [2.24, 2.45) is 17.6 Å². The standard InChI is InChI=1S/C16H21FN2O.ClH/c1-10-7-12(17)5-6-13(10)16(20)19-8-11-3-2-4-15(18)14(11)9-19;/h5-7,11,14-15H,2-4,8-9,18H2,1H3;1H. The number of aryl methyl sites for hydroxylation is 1. The summed E-state index contributed by atoms with van der Waals surface area (Å²) in [6, 6.07) is 4.59. The van der Waals surface area contributed by atoms with E-state index in [0.717, 1.165) is 19.5 Å². The van der Waals surface area contributed by atoms with Crippen LogP contribution in [0.1, 0.15) is 35.2 Å². The summed E-state index contributed by atoms with van der Waals surface area (Å²) < 4.78 is 13.1. The molecule has 0 spiro atoms. The van der Waals surface area contributed by atoms with Crippen molar-refractivity contribution in [1.29, 1.82) is 0 Å². The molecule has 2 aliphatic rings. The number of rotatable bonds is 1. The van der Waals surface area contributed by atoms with E-state index < -0.39 is 0 Å². The van der Waals surface area contributed by atoms with Crippen LogP contribution < -0.4 is 5.73 Å². The Balaban J connectivity index is 0.00000161. The molecule has 0 radical (unpaired) electrons. The number of halogens is 2. The quantitative estimate of drug-likeness (QED) is 0.866. The highest BCUT2D eigenvalue weighted by Gasteiger charge is 2.40. The molecule has 0 bridgehead atoms. The van der Waals surface area contributed by atoms with E-state index in [4.69, 9.17) is 5.73 Å². The third kappa shape index (κ3) is 3.06. The first-order valence-electron chi connectivity index (χ1n) is 7.37. The lowest BCUT2D eigenvalue weighted by atomic mass is 9.78. The molecule has 1 aromatic rings. The molecule has 2 fully saturated rings. The zero-order valence-corrected chi connectivity index (χ0v) is 13.0. The Kier molecular flexibility index (Phi) is 4.89. The van der Waals surface area contributed by atoms with Crippen LogP contribution in [0.3, 0.4) is 0 Å². The van der Waals surface area contributed by atoms with Crippen molar-refractivity contribution in [2.75, 3.05) is 13.1 Å². The van der Waals surface area contributed by atoms with Gasteiger partial charge in [0.2, 0.25) is 0 Å². The minimum atomic E-state index is -0.295. The first-order valence-corrected chi connectivity index (χ1v) is 7.37. The normalized spacial score (nSPS) is 28.0. The fourth-order valence-electron chi connectivity index (χ4n) is 3.72. The number of likely N-dealkylation sites (tertiary alicyclic amines) is 1. The lowest BCUT2D eigenvalue weighted by Crippen LogP contribution is -2.38. The molecule has 3 unspecified atom stereocenters. The molecule has 1 saturated carbocycles. The molecule has 1 aliphatic heterocycles. The largest absolute Gasteiger partial charge is 0.338 e. The van der Waals surface area contributed by atoms with E-state index >= 15 is 0 Å². The van der Waals surface area contributed by atoms with Crippen LogP contribution in [0.5, 0.6) is 0 Å². The van der Waals surface area contributed by atoms with Crippen LogP contribution in [-0.4, -0.2) is 29.9 Å². The highest BCUT2D eigenvalue weighted by Crippen LogP contribution is 2.36. The highest BCUT2D eigenvalue weighted by atomic mass is 35.5. The number of benzene rings is 1. The molecule has 5 heteroatoms. The number of nitrogens with zero attached hydrogens (tertiary/aromatic N) is 1. The summed E-state index contributed by atoms with van der Waals surface area (Å²) in [4.78, 5) is 14.5. The maximum absolute atomic E-state index is 13.1. The lowest BCUT2D eigenvalue weighted by Gasteiger charge is -2.29. The van der Waals surface area contributed by atoms with Crippen molar-refractivity contribution < 1.29 is 9.18 Å². The number of amides is 1. The van der Waals surface area contributed by atoms with Crippen molar-refractivity contribution >= 4 is 18.3 Å². The Bertz CT molecular complexity index is 537. The predicted molar refractivity (Wildman–Crippen MR) is 83.1 cm³/mol. The molecular weight excluding hydrogens is 291 g/mol. The minimum Gasteiger partial charge on any atom is -0.338 e. The minimum absolute atomic E-state index is 0. The Hall–Kier alpha value is -1.13. The number of carbonyl (C=O) groups excluding carboxylic acids is 1. The fourth-order valence-corrected chi connectivity index (χ4v) is 3.72. The number of hydrogen-bond acceptors (Lipinski definition) is 2. The van der Waals surface area contributed by atoms with E-state index in [1.165, 1.54) is 25.0 Å². The molecule has 1 saturated heterocycles. The van der Waals surface area contributed by atoms with Crippen LogP contribution in [0.15, 0.2) is 18.2 Å². The van der Waals surface area contributed by atoms with Crippen LogP contribution >= 0.6 is 12.4 Å². The molecule has 1 aliphatic carbocycles. The summed E-state index contributed by atoms with van der Waals surface area (Å²) in [7, 11) is 0. The molecule has 1 amide bonds. The predicted octanol–water partition coefficient (Wildman–Crippen LogP) is 2.76. The van der Waals surface area contributed by atoms with E-state index in [0.29, 0.717) is 23.0 Å². The molecule has 0 aromatic heterocycles.